The van der Waals surface area contributed by atoms with Crippen molar-refractivity contribution in [3.63, 3.8) is 0 Å². The summed E-state index contributed by atoms with van der Waals surface area (Å²) in [5.41, 5.74) is 9.37. The molecule has 0 spiro atoms. The zero-order valence-electron chi connectivity index (χ0n) is 11.9. The predicted octanol–water partition coefficient (Wildman–Crippen LogP) is 4.39. The van der Waals surface area contributed by atoms with E-state index in [0.717, 1.165) is 25.2 Å². The fourth-order valence-corrected chi connectivity index (χ4v) is 3.28. The molecule has 1 saturated carbocycles. The summed E-state index contributed by atoms with van der Waals surface area (Å²) in [5.74, 6) is 0.918. The Hall–Kier alpha value is -0.820. The first-order valence-corrected chi connectivity index (χ1v) is 7.56. The Kier molecular flexibility index (Phi) is 4.45. The molecule has 0 radical (unpaired) electrons. The lowest BCUT2D eigenvalue weighted by Crippen LogP contribution is -2.40. The van der Waals surface area contributed by atoms with Crippen LogP contribution in [-0.2, 0) is 12.0 Å². The lowest BCUT2D eigenvalue weighted by Gasteiger charge is -2.38. The molecule has 0 saturated heterocycles. The Morgan fingerprint density at radius 2 is 1.94 bits per heavy atom. The van der Waals surface area contributed by atoms with Crippen LogP contribution in [0.1, 0.15) is 63.5 Å². The number of hydrogen-bond donors (Lipinski definition) is 1. The molecule has 0 unspecified atom stereocenters. The number of hydrogen-bond acceptors (Lipinski definition) is 1. The molecule has 0 aromatic heterocycles. The normalized spacial score (nSPS) is 28.3. The van der Waals surface area contributed by atoms with Crippen LogP contribution < -0.4 is 5.73 Å². The first-order chi connectivity index (χ1) is 8.68. The van der Waals surface area contributed by atoms with Crippen molar-refractivity contribution in [1.29, 1.82) is 0 Å². The minimum absolute atomic E-state index is 0.0601. The van der Waals surface area contributed by atoms with Gasteiger partial charge in [0.1, 0.15) is 0 Å². The molecular weight excluding hydrogens is 218 g/mol. The minimum Gasteiger partial charge on any atom is -0.321 e. The molecule has 0 aliphatic heterocycles. The first-order valence-electron chi connectivity index (χ1n) is 7.56. The zero-order valence-corrected chi connectivity index (χ0v) is 11.9. The summed E-state index contributed by atoms with van der Waals surface area (Å²) in [6, 6.07) is 8.91. The van der Waals surface area contributed by atoms with Crippen LogP contribution in [0.15, 0.2) is 24.3 Å². The highest BCUT2D eigenvalue weighted by atomic mass is 14.7. The van der Waals surface area contributed by atoms with E-state index in [4.69, 9.17) is 5.73 Å². The van der Waals surface area contributed by atoms with E-state index in [1.165, 1.54) is 36.8 Å². The van der Waals surface area contributed by atoms with Crippen LogP contribution in [-0.4, -0.2) is 0 Å². The van der Waals surface area contributed by atoms with E-state index in [1.807, 2.05) is 0 Å². The second-order valence-corrected chi connectivity index (χ2v) is 5.94. The van der Waals surface area contributed by atoms with E-state index in [0.29, 0.717) is 0 Å². The van der Waals surface area contributed by atoms with Crippen LogP contribution >= 0.6 is 0 Å². The molecule has 2 rings (SSSR count). The van der Waals surface area contributed by atoms with Crippen molar-refractivity contribution < 1.29 is 0 Å². The molecule has 1 aromatic rings. The molecule has 1 aliphatic rings. The van der Waals surface area contributed by atoms with Crippen molar-refractivity contribution in [3.8, 4) is 0 Å². The van der Waals surface area contributed by atoms with Gasteiger partial charge in [0.2, 0.25) is 0 Å². The van der Waals surface area contributed by atoms with Crippen LogP contribution in [0.2, 0.25) is 0 Å². The second-order valence-electron chi connectivity index (χ2n) is 5.94. The van der Waals surface area contributed by atoms with Gasteiger partial charge in [-0.3, -0.25) is 0 Å². The quantitative estimate of drug-likeness (QED) is 0.836. The Morgan fingerprint density at radius 3 is 2.56 bits per heavy atom. The highest BCUT2D eigenvalue weighted by Gasteiger charge is 2.32. The molecule has 0 amide bonds. The third-order valence-electron chi connectivity index (χ3n) is 4.60. The van der Waals surface area contributed by atoms with Crippen molar-refractivity contribution in [1.82, 2.24) is 0 Å². The largest absolute Gasteiger partial charge is 0.321 e. The van der Waals surface area contributed by atoms with Gasteiger partial charge in [0.05, 0.1) is 0 Å². The Labute approximate surface area is 112 Å². The minimum atomic E-state index is -0.0601. The molecule has 2 N–H and O–H groups in total. The van der Waals surface area contributed by atoms with Gasteiger partial charge in [0.25, 0.3) is 0 Å². The van der Waals surface area contributed by atoms with Gasteiger partial charge in [-0.05, 0) is 49.1 Å². The van der Waals surface area contributed by atoms with E-state index in [1.54, 1.807) is 0 Å². The van der Waals surface area contributed by atoms with Gasteiger partial charge in [0, 0.05) is 5.54 Å². The van der Waals surface area contributed by atoms with Gasteiger partial charge in [-0.2, -0.15) is 0 Å². The van der Waals surface area contributed by atoms with Crippen molar-refractivity contribution in [2.75, 3.05) is 0 Å². The van der Waals surface area contributed by atoms with E-state index < -0.39 is 0 Å². The number of nitrogens with two attached hydrogens (primary N) is 1. The molecule has 1 heteroatoms. The van der Waals surface area contributed by atoms with Crippen molar-refractivity contribution >= 4 is 0 Å². The average molecular weight is 245 g/mol. The van der Waals surface area contributed by atoms with Crippen LogP contribution in [0.3, 0.4) is 0 Å². The molecule has 100 valence electrons. The Bertz CT molecular complexity index is 375. The van der Waals surface area contributed by atoms with Crippen LogP contribution in [0.25, 0.3) is 0 Å². The Balaban J connectivity index is 2.08. The van der Waals surface area contributed by atoms with Gasteiger partial charge in [-0.25, -0.2) is 0 Å². The first kappa shape index (κ1) is 13.6. The summed E-state index contributed by atoms with van der Waals surface area (Å²) in [6.07, 6.45) is 8.72. The Morgan fingerprint density at radius 1 is 1.22 bits per heavy atom. The van der Waals surface area contributed by atoms with Crippen molar-refractivity contribution in [3.05, 3.63) is 35.4 Å². The van der Waals surface area contributed by atoms with Gasteiger partial charge in [-0.1, -0.05) is 51.0 Å². The maximum absolute atomic E-state index is 6.66. The van der Waals surface area contributed by atoms with E-state index in [9.17, 15) is 0 Å². The number of benzene rings is 1. The highest BCUT2D eigenvalue weighted by molar-refractivity contribution is 5.30. The molecule has 0 atom stereocenters. The predicted molar refractivity (Wildman–Crippen MR) is 78.6 cm³/mol. The SMILES string of the molecule is CCCC1CCC(N)(c2cccc(CC)c2)CC1. The summed E-state index contributed by atoms with van der Waals surface area (Å²) < 4.78 is 0. The molecule has 1 fully saturated rings. The number of rotatable bonds is 4. The number of aryl methyl sites for hydroxylation is 1. The van der Waals surface area contributed by atoms with Gasteiger partial charge in [-0.15, -0.1) is 0 Å². The zero-order chi connectivity index (χ0) is 13.0. The van der Waals surface area contributed by atoms with E-state index in [-0.39, 0.29) is 5.54 Å². The fourth-order valence-electron chi connectivity index (χ4n) is 3.28. The maximum Gasteiger partial charge on any atom is 0.0409 e. The maximum atomic E-state index is 6.66. The third-order valence-corrected chi connectivity index (χ3v) is 4.60. The lowest BCUT2D eigenvalue weighted by atomic mass is 9.72. The van der Waals surface area contributed by atoms with Gasteiger partial charge < -0.3 is 5.73 Å². The highest BCUT2D eigenvalue weighted by Crippen LogP contribution is 2.39. The smallest absolute Gasteiger partial charge is 0.0409 e. The molecule has 0 bridgehead atoms. The fraction of sp³-hybridized carbons (Fsp3) is 0.647. The van der Waals surface area contributed by atoms with Crippen molar-refractivity contribution in [2.24, 2.45) is 11.7 Å². The molecule has 1 aromatic carbocycles. The standard InChI is InChI=1S/C17H27N/c1-3-6-15-9-11-17(18,12-10-15)16-8-5-7-14(4-2)13-16/h5,7-8,13,15H,3-4,6,9-12,18H2,1-2H3. The summed E-state index contributed by atoms with van der Waals surface area (Å²) in [6.45, 7) is 4.50. The molecular formula is C17H27N. The average Bonchev–Trinajstić information content (AvgIpc) is 2.42. The second kappa shape index (κ2) is 5.88. The monoisotopic (exact) mass is 245 g/mol. The van der Waals surface area contributed by atoms with E-state index in [2.05, 4.69) is 38.1 Å². The van der Waals surface area contributed by atoms with Crippen LogP contribution in [0.5, 0.6) is 0 Å². The summed E-state index contributed by atoms with van der Waals surface area (Å²) in [4.78, 5) is 0. The molecule has 1 aliphatic carbocycles. The van der Waals surface area contributed by atoms with E-state index >= 15 is 0 Å². The third kappa shape index (κ3) is 2.95. The molecule has 0 heterocycles. The lowest BCUT2D eigenvalue weighted by molar-refractivity contribution is 0.226. The summed E-state index contributed by atoms with van der Waals surface area (Å²) >= 11 is 0. The van der Waals surface area contributed by atoms with Crippen LogP contribution in [0, 0.1) is 5.92 Å². The van der Waals surface area contributed by atoms with Gasteiger partial charge in [0.15, 0.2) is 0 Å². The molecule has 1 nitrogen and oxygen atoms in total. The van der Waals surface area contributed by atoms with Crippen LogP contribution in [0.4, 0.5) is 0 Å². The summed E-state index contributed by atoms with van der Waals surface area (Å²) in [5, 5.41) is 0. The topological polar surface area (TPSA) is 26.0 Å². The van der Waals surface area contributed by atoms with Crippen molar-refractivity contribution in [2.45, 2.75) is 64.3 Å². The molecule has 18 heavy (non-hydrogen) atoms. The summed E-state index contributed by atoms with van der Waals surface area (Å²) in [7, 11) is 0. The van der Waals surface area contributed by atoms with Gasteiger partial charge >= 0.3 is 0 Å².